The zero-order valence-corrected chi connectivity index (χ0v) is 12.1. The van der Waals surface area contributed by atoms with E-state index < -0.39 is 11.9 Å². The summed E-state index contributed by atoms with van der Waals surface area (Å²) in [5.41, 5.74) is 0.778. The van der Waals surface area contributed by atoms with Crippen LogP contribution in [0.25, 0.3) is 11.4 Å². The number of aliphatic carboxylic acids is 1. The van der Waals surface area contributed by atoms with Gasteiger partial charge in [0.05, 0.1) is 23.4 Å². The lowest BCUT2D eigenvalue weighted by molar-refractivity contribution is -0.138. The Morgan fingerprint density at radius 2 is 2.35 bits per heavy atom. The molecule has 1 aliphatic rings. The third kappa shape index (κ3) is 2.29. The Labute approximate surface area is 122 Å². The zero-order chi connectivity index (χ0) is 14.3. The fourth-order valence-corrected chi connectivity index (χ4v) is 2.59. The average Bonchev–Trinajstić information content (AvgIpc) is 3.09. The van der Waals surface area contributed by atoms with E-state index in [1.807, 2.05) is 12.1 Å². The summed E-state index contributed by atoms with van der Waals surface area (Å²) in [5, 5.41) is 12.8. The predicted molar refractivity (Wildman–Crippen MR) is 72.5 cm³/mol. The van der Waals surface area contributed by atoms with Crippen molar-refractivity contribution in [2.75, 3.05) is 7.11 Å². The number of carboxylic acids is 1. The summed E-state index contributed by atoms with van der Waals surface area (Å²) in [6.45, 7) is 0. The van der Waals surface area contributed by atoms with Gasteiger partial charge in [-0.3, -0.25) is 4.79 Å². The summed E-state index contributed by atoms with van der Waals surface area (Å²) in [6.07, 6.45) is 0.559. The minimum absolute atomic E-state index is 0.157. The topological polar surface area (TPSA) is 85.5 Å². The van der Waals surface area contributed by atoms with E-state index in [4.69, 9.17) is 14.4 Å². The molecule has 1 aromatic heterocycles. The van der Waals surface area contributed by atoms with Crippen molar-refractivity contribution in [3.63, 3.8) is 0 Å². The van der Waals surface area contributed by atoms with Crippen LogP contribution in [0.5, 0.6) is 5.75 Å². The third-order valence-electron chi connectivity index (χ3n) is 3.28. The average molecular weight is 339 g/mol. The number of methoxy groups -OCH3 is 1. The van der Waals surface area contributed by atoms with Gasteiger partial charge in [-0.15, -0.1) is 0 Å². The molecule has 1 aromatic carbocycles. The third-order valence-corrected chi connectivity index (χ3v) is 3.90. The smallest absolute Gasteiger partial charge is 0.307 e. The molecular weight excluding hydrogens is 328 g/mol. The number of benzene rings is 1. The number of aromatic nitrogens is 2. The van der Waals surface area contributed by atoms with Gasteiger partial charge < -0.3 is 14.4 Å². The van der Waals surface area contributed by atoms with Gasteiger partial charge in [0.1, 0.15) is 5.75 Å². The number of carboxylic acid groups (broad SMARTS) is 1. The number of carbonyl (C=O) groups is 1. The van der Waals surface area contributed by atoms with Crippen molar-refractivity contribution in [1.29, 1.82) is 0 Å². The number of hydrogen-bond acceptors (Lipinski definition) is 5. The lowest BCUT2D eigenvalue weighted by Crippen LogP contribution is -1.98. The molecule has 3 rings (SSSR count). The first-order chi connectivity index (χ1) is 9.60. The van der Waals surface area contributed by atoms with Crippen LogP contribution in [-0.2, 0) is 4.79 Å². The summed E-state index contributed by atoms with van der Waals surface area (Å²) >= 11 is 3.39. The standard InChI is InChI=1S/C13H11BrN2O4/c1-19-10-3-2-6(4-9(10)14)11-15-12(20-16-11)7-5-8(7)13(17)18/h2-4,7-8H,5H2,1H3,(H,17,18). The maximum atomic E-state index is 10.8. The highest BCUT2D eigenvalue weighted by molar-refractivity contribution is 9.10. The highest BCUT2D eigenvalue weighted by Crippen LogP contribution is 2.47. The van der Waals surface area contributed by atoms with Gasteiger partial charge in [-0.2, -0.15) is 4.98 Å². The summed E-state index contributed by atoms with van der Waals surface area (Å²) < 4.78 is 11.1. The minimum Gasteiger partial charge on any atom is -0.496 e. The molecule has 1 fully saturated rings. The number of ether oxygens (including phenoxy) is 1. The van der Waals surface area contributed by atoms with Gasteiger partial charge in [-0.1, -0.05) is 5.16 Å². The molecule has 1 aliphatic carbocycles. The summed E-state index contributed by atoms with van der Waals surface area (Å²) in [6, 6.07) is 5.45. The first-order valence-corrected chi connectivity index (χ1v) is 6.79. The molecule has 2 aromatic rings. The Morgan fingerprint density at radius 1 is 1.55 bits per heavy atom. The summed E-state index contributed by atoms with van der Waals surface area (Å²) in [5.74, 6) is 0.174. The largest absolute Gasteiger partial charge is 0.496 e. The van der Waals surface area contributed by atoms with Crippen LogP contribution in [0.1, 0.15) is 18.2 Å². The second-order valence-electron chi connectivity index (χ2n) is 4.59. The van der Waals surface area contributed by atoms with Crippen LogP contribution in [0.2, 0.25) is 0 Å². The first-order valence-electron chi connectivity index (χ1n) is 6.00. The van der Waals surface area contributed by atoms with Crippen molar-refractivity contribution in [2.45, 2.75) is 12.3 Å². The monoisotopic (exact) mass is 338 g/mol. The number of halogens is 1. The molecular formula is C13H11BrN2O4. The molecule has 1 heterocycles. The van der Waals surface area contributed by atoms with E-state index in [1.165, 1.54) is 0 Å². The predicted octanol–water partition coefficient (Wildman–Crippen LogP) is 2.70. The van der Waals surface area contributed by atoms with E-state index >= 15 is 0 Å². The Morgan fingerprint density at radius 3 is 2.95 bits per heavy atom. The molecule has 1 N–H and O–H groups in total. The molecule has 0 aliphatic heterocycles. The zero-order valence-electron chi connectivity index (χ0n) is 10.5. The quantitative estimate of drug-likeness (QED) is 0.922. The van der Waals surface area contributed by atoms with Gasteiger partial charge in [-0.05, 0) is 40.5 Å². The molecule has 1 saturated carbocycles. The fraction of sp³-hybridized carbons (Fsp3) is 0.308. The van der Waals surface area contributed by atoms with Gasteiger partial charge in [0.25, 0.3) is 0 Å². The number of nitrogens with zero attached hydrogens (tertiary/aromatic N) is 2. The van der Waals surface area contributed by atoms with Gasteiger partial charge in [0.15, 0.2) is 0 Å². The van der Waals surface area contributed by atoms with Crippen molar-refractivity contribution in [2.24, 2.45) is 5.92 Å². The molecule has 0 amide bonds. The summed E-state index contributed by atoms with van der Waals surface area (Å²) in [7, 11) is 1.59. The second-order valence-corrected chi connectivity index (χ2v) is 5.45. The Hall–Kier alpha value is -1.89. The van der Waals surface area contributed by atoms with Crippen LogP contribution in [0.3, 0.4) is 0 Å². The molecule has 2 atom stereocenters. The summed E-state index contributed by atoms with van der Waals surface area (Å²) in [4.78, 5) is 15.1. The maximum Gasteiger partial charge on any atom is 0.307 e. The van der Waals surface area contributed by atoms with E-state index in [2.05, 4.69) is 26.1 Å². The minimum atomic E-state index is -0.818. The van der Waals surface area contributed by atoms with Crippen molar-refractivity contribution >= 4 is 21.9 Å². The van der Waals surface area contributed by atoms with Gasteiger partial charge >= 0.3 is 5.97 Å². The van der Waals surface area contributed by atoms with Crippen molar-refractivity contribution in [1.82, 2.24) is 10.1 Å². The lowest BCUT2D eigenvalue weighted by atomic mass is 10.2. The highest BCUT2D eigenvalue weighted by atomic mass is 79.9. The lowest BCUT2D eigenvalue weighted by Gasteiger charge is -2.03. The molecule has 0 bridgehead atoms. The van der Waals surface area contributed by atoms with Crippen molar-refractivity contribution < 1.29 is 19.2 Å². The van der Waals surface area contributed by atoms with Gasteiger partial charge in [-0.25, -0.2) is 0 Å². The van der Waals surface area contributed by atoms with Gasteiger partial charge in [0, 0.05) is 5.56 Å². The molecule has 0 saturated heterocycles. The SMILES string of the molecule is COc1ccc(-c2noc(C3CC3C(=O)O)n2)cc1Br. The maximum absolute atomic E-state index is 10.8. The molecule has 7 heteroatoms. The second kappa shape index (κ2) is 4.90. The molecule has 0 radical (unpaired) electrons. The molecule has 0 spiro atoms. The van der Waals surface area contributed by atoms with Crippen molar-refractivity contribution in [3.05, 3.63) is 28.6 Å². The van der Waals surface area contributed by atoms with E-state index in [1.54, 1.807) is 13.2 Å². The van der Waals surface area contributed by atoms with Crippen LogP contribution < -0.4 is 4.74 Å². The van der Waals surface area contributed by atoms with E-state index in [-0.39, 0.29) is 5.92 Å². The van der Waals surface area contributed by atoms with Crippen LogP contribution in [-0.4, -0.2) is 28.3 Å². The highest BCUT2D eigenvalue weighted by Gasteiger charge is 2.48. The van der Waals surface area contributed by atoms with E-state index in [0.29, 0.717) is 23.9 Å². The first kappa shape index (κ1) is 13.1. The normalized spacial score (nSPS) is 20.7. The Bertz CT molecular complexity index is 670. The number of rotatable bonds is 4. The molecule has 104 valence electrons. The van der Waals surface area contributed by atoms with Crippen molar-refractivity contribution in [3.8, 4) is 17.1 Å². The van der Waals surface area contributed by atoms with E-state index in [9.17, 15) is 4.79 Å². The van der Waals surface area contributed by atoms with Crippen LogP contribution in [0.15, 0.2) is 27.2 Å². The fourth-order valence-electron chi connectivity index (χ4n) is 2.05. The van der Waals surface area contributed by atoms with Crippen LogP contribution >= 0.6 is 15.9 Å². The van der Waals surface area contributed by atoms with E-state index in [0.717, 1.165) is 10.0 Å². The molecule has 20 heavy (non-hydrogen) atoms. The van der Waals surface area contributed by atoms with Crippen LogP contribution in [0.4, 0.5) is 0 Å². The van der Waals surface area contributed by atoms with Crippen LogP contribution in [0, 0.1) is 5.92 Å². The molecule has 6 nitrogen and oxygen atoms in total. The number of hydrogen-bond donors (Lipinski definition) is 1. The Balaban J connectivity index is 1.84. The Kier molecular flexibility index (Phi) is 3.21. The van der Waals surface area contributed by atoms with Gasteiger partial charge in [0.2, 0.25) is 11.7 Å². The molecule has 2 unspecified atom stereocenters.